The monoisotopic (exact) mass is 179 g/mol. The van der Waals surface area contributed by atoms with Crippen molar-refractivity contribution < 1.29 is 0 Å². The predicted molar refractivity (Wildman–Crippen MR) is 51.1 cm³/mol. The Morgan fingerprint density at radius 1 is 1.33 bits per heavy atom. The molecule has 2 saturated carbocycles. The summed E-state index contributed by atoms with van der Waals surface area (Å²) in [6, 6.07) is 4.28. The van der Waals surface area contributed by atoms with E-state index in [9.17, 15) is 0 Å². The van der Waals surface area contributed by atoms with Crippen LogP contribution in [0.5, 0.6) is 0 Å². The molecule has 1 heterocycles. The van der Waals surface area contributed by atoms with Gasteiger partial charge in [-0.1, -0.05) is 6.07 Å². The van der Waals surface area contributed by atoms with E-state index in [-0.39, 0.29) is 5.54 Å². The summed E-state index contributed by atoms with van der Waals surface area (Å²) >= 11 is 1.81. The van der Waals surface area contributed by atoms with E-state index in [1.165, 1.54) is 30.6 Å². The lowest BCUT2D eigenvalue weighted by Gasteiger charge is -2.45. The van der Waals surface area contributed by atoms with Crippen LogP contribution in [0, 0.1) is 5.41 Å². The SMILES string of the molecule is NC1(c2cccs2)CC2(CC2)C1. The van der Waals surface area contributed by atoms with E-state index >= 15 is 0 Å². The van der Waals surface area contributed by atoms with Gasteiger partial charge in [-0.15, -0.1) is 11.3 Å². The van der Waals surface area contributed by atoms with Crippen LogP contribution in [0.25, 0.3) is 0 Å². The van der Waals surface area contributed by atoms with Crippen molar-refractivity contribution in [1.29, 1.82) is 0 Å². The highest BCUT2D eigenvalue weighted by Gasteiger charge is 2.60. The Hall–Kier alpha value is -0.340. The minimum absolute atomic E-state index is 0.0602. The van der Waals surface area contributed by atoms with Crippen LogP contribution < -0.4 is 5.73 Å². The van der Waals surface area contributed by atoms with Gasteiger partial charge in [-0.3, -0.25) is 0 Å². The number of hydrogen-bond acceptors (Lipinski definition) is 2. The molecule has 2 heteroatoms. The van der Waals surface area contributed by atoms with Crippen molar-refractivity contribution in [2.24, 2.45) is 11.1 Å². The lowest BCUT2D eigenvalue weighted by Crippen LogP contribution is -2.49. The summed E-state index contributed by atoms with van der Waals surface area (Å²) in [5.74, 6) is 0. The molecule has 64 valence electrons. The van der Waals surface area contributed by atoms with Gasteiger partial charge in [0.25, 0.3) is 0 Å². The summed E-state index contributed by atoms with van der Waals surface area (Å²) in [7, 11) is 0. The smallest absolute Gasteiger partial charge is 0.0514 e. The van der Waals surface area contributed by atoms with Crippen LogP contribution in [0.3, 0.4) is 0 Å². The Bertz CT molecular complexity index is 290. The maximum atomic E-state index is 6.29. The fourth-order valence-corrected chi connectivity index (χ4v) is 3.39. The average molecular weight is 179 g/mol. The van der Waals surface area contributed by atoms with E-state index in [4.69, 9.17) is 5.73 Å². The normalized spacial score (nSPS) is 28.4. The largest absolute Gasteiger partial charge is 0.321 e. The maximum Gasteiger partial charge on any atom is 0.0514 e. The van der Waals surface area contributed by atoms with Gasteiger partial charge in [0, 0.05) is 4.88 Å². The summed E-state index contributed by atoms with van der Waals surface area (Å²) in [6.45, 7) is 0. The van der Waals surface area contributed by atoms with E-state index in [2.05, 4.69) is 17.5 Å². The van der Waals surface area contributed by atoms with Crippen molar-refractivity contribution in [3.05, 3.63) is 22.4 Å². The maximum absolute atomic E-state index is 6.29. The first-order chi connectivity index (χ1) is 5.73. The molecule has 3 rings (SSSR count). The first-order valence-electron chi connectivity index (χ1n) is 4.56. The number of rotatable bonds is 1. The van der Waals surface area contributed by atoms with Crippen molar-refractivity contribution in [2.75, 3.05) is 0 Å². The van der Waals surface area contributed by atoms with E-state index in [0.717, 1.165) is 0 Å². The second-order valence-electron chi connectivity index (χ2n) is 4.49. The van der Waals surface area contributed by atoms with Crippen molar-refractivity contribution in [3.63, 3.8) is 0 Å². The fourth-order valence-electron chi connectivity index (χ4n) is 2.55. The topological polar surface area (TPSA) is 26.0 Å². The number of thiophene rings is 1. The molecule has 1 aromatic heterocycles. The lowest BCUT2D eigenvalue weighted by molar-refractivity contribution is 0.128. The van der Waals surface area contributed by atoms with Crippen molar-refractivity contribution in [1.82, 2.24) is 0 Å². The predicted octanol–water partition coefficient (Wildman–Crippen LogP) is 2.48. The Kier molecular flexibility index (Phi) is 1.15. The highest BCUT2D eigenvalue weighted by molar-refractivity contribution is 7.10. The minimum atomic E-state index is 0.0602. The Morgan fingerprint density at radius 2 is 2.08 bits per heavy atom. The van der Waals surface area contributed by atoms with E-state index < -0.39 is 0 Å². The van der Waals surface area contributed by atoms with Crippen LogP contribution >= 0.6 is 11.3 Å². The lowest BCUT2D eigenvalue weighted by atomic mass is 9.65. The molecular formula is C10H13NS. The molecule has 1 aromatic rings. The molecule has 2 N–H and O–H groups in total. The zero-order chi connectivity index (χ0) is 8.23. The molecule has 1 spiro atoms. The Labute approximate surface area is 76.6 Å². The summed E-state index contributed by atoms with van der Waals surface area (Å²) < 4.78 is 0. The van der Waals surface area contributed by atoms with Crippen LogP contribution in [0.2, 0.25) is 0 Å². The van der Waals surface area contributed by atoms with Gasteiger partial charge in [-0.25, -0.2) is 0 Å². The Balaban J connectivity index is 1.85. The third-order valence-corrected chi connectivity index (χ3v) is 4.44. The molecule has 0 aliphatic heterocycles. The second kappa shape index (κ2) is 1.94. The highest BCUT2D eigenvalue weighted by atomic mass is 32.1. The van der Waals surface area contributed by atoms with Gasteiger partial charge in [0.1, 0.15) is 0 Å². The molecule has 0 bridgehead atoms. The van der Waals surface area contributed by atoms with E-state index in [1.807, 2.05) is 11.3 Å². The first kappa shape index (κ1) is 7.10. The molecule has 0 aromatic carbocycles. The highest BCUT2D eigenvalue weighted by Crippen LogP contribution is 2.67. The van der Waals surface area contributed by atoms with Crippen molar-refractivity contribution in [3.8, 4) is 0 Å². The number of hydrogen-bond donors (Lipinski definition) is 1. The van der Waals surface area contributed by atoms with E-state index in [1.54, 1.807) is 0 Å². The van der Waals surface area contributed by atoms with Crippen LogP contribution in [0.1, 0.15) is 30.6 Å². The molecule has 0 radical (unpaired) electrons. The van der Waals surface area contributed by atoms with Crippen LogP contribution in [0.15, 0.2) is 17.5 Å². The summed E-state index contributed by atoms with van der Waals surface area (Å²) in [6.07, 6.45) is 5.33. The zero-order valence-electron chi connectivity index (χ0n) is 7.05. The average Bonchev–Trinajstić information content (AvgIpc) is 2.60. The third kappa shape index (κ3) is 0.824. The summed E-state index contributed by atoms with van der Waals surface area (Å²) in [5, 5.41) is 2.13. The van der Waals surface area contributed by atoms with Crippen LogP contribution in [0.4, 0.5) is 0 Å². The third-order valence-electron chi connectivity index (χ3n) is 3.35. The second-order valence-corrected chi connectivity index (χ2v) is 5.43. The standard InChI is InChI=1S/C10H13NS/c11-10(8-2-1-5-12-8)6-9(7-10)3-4-9/h1-2,5H,3-4,6-7,11H2. The Morgan fingerprint density at radius 3 is 2.58 bits per heavy atom. The fraction of sp³-hybridized carbons (Fsp3) is 0.600. The molecule has 2 aliphatic rings. The molecule has 12 heavy (non-hydrogen) atoms. The molecule has 2 fully saturated rings. The zero-order valence-corrected chi connectivity index (χ0v) is 7.86. The molecule has 0 saturated heterocycles. The molecular weight excluding hydrogens is 166 g/mol. The molecule has 0 atom stereocenters. The molecule has 2 aliphatic carbocycles. The van der Waals surface area contributed by atoms with Gasteiger partial charge < -0.3 is 5.73 Å². The van der Waals surface area contributed by atoms with Gasteiger partial charge in [-0.2, -0.15) is 0 Å². The molecule has 1 nitrogen and oxygen atoms in total. The van der Waals surface area contributed by atoms with Gasteiger partial charge >= 0.3 is 0 Å². The van der Waals surface area contributed by atoms with Gasteiger partial charge in [0.2, 0.25) is 0 Å². The molecule has 0 unspecified atom stereocenters. The summed E-state index contributed by atoms with van der Waals surface area (Å²) in [5.41, 5.74) is 7.06. The van der Waals surface area contributed by atoms with Crippen LogP contribution in [-0.4, -0.2) is 0 Å². The van der Waals surface area contributed by atoms with Crippen molar-refractivity contribution >= 4 is 11.3 Å². The number of nitrogens with two attached hydrogens (primary N) is 1. The molecule has 0 amide bonds. The van der Waals surface area contributed by atoms with Gasteiger partial charge in [-0.05, 0) is 42.5 Å². The van der Waals surface area contributed by atoms with Gasteiger partial charge in [0.05, 0.1) is 5.54 Å². The van der Waals surface area contributed by atoms with Crippen LogP contribution in [-0.2, 0) is 5.54 Å². The van der Waals surface area contributed by atoms with Crippen molar-refractivity contribution in [2.45, 2.75) is 31.2 Å². The first-order valence-corrected chi connectivity index (χ1v) is 5.43. The van der Waals surface area contributed by atoms with E-state index in [0.29, 0.717) is 5.41 Å². The summed E-state index contributed by atoms with van der Waals surface area (Å²) in [4.78, 5) is 1.39. The minimum Gasteiger partial charge on any atom is -0.321 e. The quantitative estimate of drug-likeness (QED) is 0.704. The van der Waals surface area contributed by atoms with Gasteiger partial charge in [0.15, 0.2) is 0 Å².